The molecule has 3 rings (SSSR count). The van der Waals surface area contributed by atoms with E-state index >= 15 is 0 Å². The molecule has 0 aliphatic heterocycles. The van der Waals surface area contributed by atoms with E-state index in [0.717, 1.165) is 0 Å². The predicted molar refractivity (Wildman–Crippen MR) is 138 cm³/mol. The Labute approximate surface area is 223 Å². The third-order valence-corrected chi connectivity index (χ3v) is 5.82. The first kappa shape index (κ1) is 28.7. The number of nitrogens with two attached hydrogens (primary N) is 1. The Morgan fingerprint density at radius 3 is 1.72 bits per heavy atom. The lowest BCUT2D eigenvalue weighted by atomic mass is 10.0. The largest absolute Gasteiger partial charge is 0.508 e. The normalized spacial score (nSPS) is 13.1. The molecule has 0 spiro atoms. The summed E-state index contributed by atoms with van der Waals surface area (Å²) in [4.78, 5) is 57.2. The summed E-state index contributed by atoms with van der Waals surface area (Å²) in [5, 5.41) is 36.3. The van der Waals surface area contributed by atoms with Gasteiger partial charge in [-0.25, -0.2) is 9.78 Å². The van der Waals surface area contributed by atoms with Gasteiger partial charge in [-0.15, -0.1) is 0 Å². The van der Waals surface area contributed by atoms with Gasteiger partial charge in [-0.05, 0) is 35.4 Å². The number of phenolic OH excluding ortho intramolecular Hbond substituents is 2. The van der Waals surface area contributed by atoms with E-state index in [9.17, 15) is 34.5 Å². The van der Waals surface area contributed by atoms with E-state index in [0.29, 0.717) is 16.8 Å². The van der Waals surface area contributed by atoms with Gasteiger partial charge in [0.25, 0.3) is 0 Å². The number of aromatic amines is 1. The molecule has 39 heavy (non-hydrogen) atoms. The van der Waals surface area contributed by atoms with Crippen molar-refractivity contribution < 1.29 is 34.5 Å². The van der Waals surface area contributed by atoms with Crippen molar-refractivity contribution in [2.45, 2.75) is 37.4 Å². The standard InChI is InChI=1S/C26H30N6O7/c27-12-23(35)30-20(9-15-1-5-18(33)6-2-15)24(36)31-21(11-17-13-28-14-29-17)25(37)32-22(26(38)39)10-16-3-7-19(34)8-4-16/h1-8,13-14,20-22,33-34H,9-12,27H2,(H,28,29)(H,30,35)(H,31,36)(H,32,37)(H,38,39). The van der Waals surface area contributed by atoms with Crippen LogP contribution in [0.2, 0.25) is 0 Å². The minimum Gasteiger partial charge on any atom is -0.508 e. The molecule has 0 saturated heterocycles. The number of aromatic nitrogens is 2. The lowest BCUT2D eigenvalue weighted by molar-refractivity contribution is -0.142. The molecule has 13 nitrogen and oxygen atoms in total. The second kappa shape index (κ2) is 13.6. The molecule has 13 heteroatoms. The number of hydrogen-bond donors (Lipinski definition) is 8. The van der Waals surface area contributed by atoms with Gasteiger partial charge in [-0.3, -0.25) is 14.4 Å². The van der Waals surface area contributed by atoms with Gasteiger partial charge in [0.2, 0.25) is 17.7 Å². The number of carboxylic acid groups (broad SMARTS) is 1. The van der Waals surface area contributed by atoms with Crippen LogP contribution in [-0.4, -0.2) is 73.6 Å². The van der Waals surface area contributed by atoms with Gasteiger partial charge in [-0.2, -0.15) is 0 Å². The molecule has 0 bridgehead atoms. The topological polar surface area (TPSA) is 220 Å². The first-order valence-electron chi connectivity index (χ1n) is 12.0. The number of phenols is 2. The fraction of sp³-hybridized carbons (Fsp3) is 0.269. The van der Waals surface area contributed by atoms with Crippen molar-refractivity contribution in [3.05, 3.63) is 77.9 Å². The minimum absolute atomic E-state index is 0.0144. The molecule has 1 heterocycles. The number of carbonyl (C=O) groups excluding carboxylic acids is 3. The third kappa shape index (κ3) is 8.86. The molecular formula is C26H30N6O7. The number of rotatable bonds is 13. The number of amides is 3. The zero-order chi connectivity index (χ0) is 28.4. The molecule has 1 aromatic heterocycles. The number of H-pyrrole nitrogens is 1. The highest BCUT2D eigenvalue weighted by molar-refractivity contribution is 5.94. The third-order valence-electron chi connectivity index (χ3n) is 5.82. The summed E-state index contributed by atoms with van der Waals surface area (Å²) in [6, 6.07) is 8.25. The zero-order valence-electron chi connectivity index (χ0n) is 20.8. The number of aromatic hydroxyl groups is 2. The Kier molecular flexibility index (Phi) is 9.98. The van der Waals surface area contributed by atoms with Crippen molar-refractivity contribution in [2.24, 2.45) is 5.73 Å². The Bertz CT molecular complexity index is 1260. The van der Waals surface area contributed by atoms with Crippen LogP contribution in [0.5, 0.6) is 11.5 Å². The van der Waals surface area contributed by atoms with Crippen LogP contribution < -0.4 is 21.7 Å². The Balaban J connectivity index is 1.79. The summed E-state index contributed by atoms with van der Waals surface area (Å²) in [7, 11) is 0. The molecule has 0 fully saturated rings. The molecule has 0 aliphatic rings. The highest BCUT2D eigenvalue weighted by Gasteiger charge is 2.30. The summed E-state index contributed by atoms with van der Waals surface area (Å²) in [6.07, 6.45) is 2.78. The second-order valence-electron chi connectivity index (χ2n) is 8.81. The second-order valence-corrected chi connectivity index (χ2v) is 8.81. The maximum atomic E-state index is 13.3. The van der Waals surface area contributed by atoms with E-state index < -0.39 is 41.8 Å². The number of carbonyl (C=O) groups is 4. The van der Waals surface area contributed by atoms with Gasteiger partial charge in [0, 0.05) is 31.2 Å². The van der Waals surface area contributed by atoms with Crippen LogP contribution in [0.3, 0.4) is 0 Å². The number of imidazole rings is 1. The van der Waals surface area contributed by atoms with Crippen LogP contribution in [0.4, 0.5) is 0 Å². The molecule has 0 aliphatic carbocycles. The summed E-state index contributed by atoms with van der Waals surface area (Å²) < 4.78 is 0. The lowest BCUT2D eigenvalue weighted by Crippen LogP contribution is -2.57. The van der Waals surface area contributed by atoms with Gasteiger partial charge < -0.3 is 42.0 Å². The molecule has 3 unspecified atom stereocenters. The van der Waals surface area contributed by atoms with Crippen molar-refractivity contribution in [1.82, 2.24) is 25.9 Å². The lowest BCUT2D eigenvalue weighted by Gasteiger charge is -2.24. The summed E-state index contributed by atoms with van der Waals surface area (Å²) >= 11 is 0. The first-order chi connectivity index (χ1) is 18.6. The smallest absolute Gasteiger partial charge is 0.326 e. The van der Waals surface area contributed by atoms with Crippen LogP contribution in [0.15, 0.2) is 61.1 Å². The Morgan fingerprint density at radius 1 is 0.769 bits per heavy atom. The maximum Gasteiger partial charge on any atom is 0.326 e. The number of nitrogens with one attached hydrogen (secondary N) is 4. The van der Waals surface area contributed by atoms with E-state index in [1.807, 2.05) is 0 Å². The Hall–Kier alpha value is -4.91. The van der Waals surface area contributed by atoms with Crippen LogP contribution in [0.25, 0.3) is 0 Å². The van der Waals surface area contributed by atoms with Crippen molar-refractivity contribution in [1.29, 1.82) is 0 Å². The van der Waals surface area contributed by atoms with Gasteiger partial charge >= 0.3 is 5.97 Å². The van der Waals surface area contributed by atoms with Crippen LogP contribution >= 0.6 is 0 Å². The molecule has 2 aromatic carbocycles. The molecule has 0 saturated carbocycles. The van der Waals surface area contributed by atoms with E-state index in [2.05, 4.69) is 25.9 Å². The monoisotopic (exact) mass is 538 g/mol. The quantitative estimate of drug-likeness (QED) is 0.138. The number of aliphatic carboxylic acids is 1. The number of hydrogen-bond acceptors (Lipinski definition) is 8. The number of carboxylic acids is 1. The zero-order valence-corrected chi connectivity index (χ0v) is 20.8. The van der Waals surface area contributed by atoms with Crippen molar-refractivity contribution in [3.8, 4) is 11.5 Å². The molecule has 3 atom stereocenters. The number of benzene rings is 2. The van der Waals surface area contributed by atoms with Crippen LogP contribution in [0, 0.1) is 0 Å². The van der Waals surface area contributed by atoms with E-state index in [-0.39, 0.29) is 37.3 Å². The predicted octanol–water partition coefficient (Wildman–Crippen LogP) is -0.653. The SMILES string of the molecule is NCC(=O)NC(Cc1ccc(O)cc1)C(=O)NC(Cc1cnc[nH]1)C(=O)NC(Cc1ccc(O)cc1)C(=O)O. The minimum atomic E-state index is -1.33. The van der Waals surface area contributed by atoms with Crippen LogP contribution in [0.1, 0.15) is 16.8 Å². The van der Waals surface area contributed by atoms with Crippen LogP contribution in [-0.2, 0) is 38.4 Å². The molecule has 0 radical (unpaired) electrons. The highest BCUT2D eigenvalue weighted by atomic mass is 16.4. The van der Waals surface area contributed by atoms with Gasteiger partial charge in [0.15, 0.2) is 0 Å². The van der Waals surface area contributed by atoms with Gasteiger partial charge in [0.1, 0.15) is 29.6 Å². The van der Waals surface area contributed by atoms with E-state index in [1.165, 1.54) is 48.9 Å². The molecule has 3 amide bonds. The summed E-state index contributed by atoms with van der Waals surface area (Å²) in [5.74, 6) is -3.30. The van der Waals surface area contributed by atoms with Gasteiger partial charge in [-0.1, -0.05) is 24.3 Å². The average Bonchev–Trinajstić information content (AvgIpc) is 3.43. The molecule has 206 valence electrons. The maximum absolute atomic E-state index is 13.3. The fourth-order valence-electron chi connectivity index (χ4n) is 3.77. The van der Waals surface area contributed by atoms with Crippen molar-refractivity contribution >= 4 is 23.7 Å². The summed E-state index contributed by atoms with van der Waals surface area (Å²) in [5.41, 5.74) is 7.10. The van der Waals surface area contributed by atoms with Crippen molar-refractivity contribution in [3.63, 3.8) is 0 Å². The Morgan fingerprint density at radius 2 is 1.26 bits per heavy atom. The van der Waals surface area contributed by atoms with E-state index in [1.54, 1.807) is 12.1 Å². The molecular weight excluding hydrogens is 508 g/mol. The first-order valence-corrected chi connectivity index (χ1v) is 12.0. The molecule has 3 aromatic rings. The number of nitrogens with zero attached hydrogens (tertiary/aromatic N) is 1. The fourth-order valence-corrected chi connectivity index (χ4v) is 3.77. The highest BCUT2D eigenvalue weighted by Crippen LogP contribution is 2.13. The van der Waals surface area contributed by atoms with E-state index in [4.69, 9.17) is 5.73 Å². The average molecular weight is 539 g/mol. The molecule has 9 N–H and O–H groups in total. The van der Waals surface area contributed by atoms with Crippen molar-refractivity contribution in [2.75, 3.05) is 6.54 Å². The summed E-state index contributed by atoms with van der Waals surface area (Å²) in [6.45, 7) is -0.366. The van der Waals surface area contributed by atoms with Gasteiger partial charge in [0.05, 0.1) is 12.9 Å².